The first-order valence-electron chi connectivity index (χ1n) is 8.09. The molecular formula is C16H25N3. The molecule has 2 fully saturated rings. The molecule has 1 aromatic rings. The molecule has 104 valence electrons. The summed E-state index contributed by atoms with van der Waals surface area (Å²) in [5.41, 5.74) is 3.29. The summed E-state index contributed by atoms with van der Waals surface area (Å²) in [6, 6.07) is 0. The van der Waals surface area contributed by atoms with E-state index in [4.69, 9.17) is 4.98 Å². The van der Waals surface area contributed by atoms with Gasteiger partial charge in [-0.2, -0.15) is 0 Å². The Morgan fingerprint density at radius 3 is 2.68 bits per heavy atom. The van der Waals surface area contributed by atoms with Crippen LogP contribution in [0.3, 0.4) is 0 Å². The number of fused-ring (bicyclic) bond motifs is 1. The molecule has 3 heteroatoms. The molecule has 0 aromatic carbocycles. The number of hydrogen-bond donors (Lipinski definition) is 1. The Bertz CT molecular complexity index is 478. The Balaban J connectivity index is 1.82. The van der Waals surface area contributed by atoms with Gasteiger partial charge in [-0.25, -0.2) is 4.98 Å². The van der Waals surface area contributed by atoms with E-state index in [1.165, 1.54) is 62.9 Å². The van der Waals surface area contributed by atoms with Crippen molar-refractivity contribution in [2.75, 3.05) is 6.54 Å². The molecule has 2 saturated carbocycles. The fourth-order valence-electron chi connectivity index (χ4n) is 4.30. The van der Waals surface area contributed by atoms with E-state index in [0.717, 1.165) is 19.0 Å². The van der Waals surface area contributed by atoms with Crippen molar-refractivity contribution >= 4 is 0 Å². The Kier molecular flexibility index (Phi) is 2.73. The molecular weight excluding hydrogens is 234 g/mol. The summed E-state index contributed by atoms with van der Waals surface area (Å²) in [6.45, 7) is 4.57. The lowest BCUT2D eigenvalue weighted by Gasteiger charge is -2.43. The SMILES string of the molecule is CC1(n2c(C3CCCC3)nc3c2CCNC3)CCC1. The average Bonchev–Trinajstić information content (AvgIpc) is 3.02. The predicted octanol–water partition coefficient (Wildman–Crippen LogP) is 3.09. The maximum atomic E-state index is 5.08. The highest BCUT2D eigenvalue weighted by Crippen LogP contribution is 2.45. The van der Waals surface area contributed by atoms with Crippen LogP contribution >= 0.6 is 0 Å². The van der Waals surface area contributed by atoms with Crippen molar-refractivity contribution in [1.29, 1.82) is 0 Å². The van der Waals surface area contributed by atoms with E-state index in [9.17, 15) is 0 Å². The van der Waals surface area contributed by atoms with E-state index in [1.807, 2.05) is 0 Å². The van der Waals surface area contributed by atoms with Crippen LogP contribution in [0.15, 0.2) is 0 Å². The second-order valence-electron chi connectivity index (χ2n) is 6.96. The van der Waals surface area contributed by atoms with E-state index in [-0.39, 0.29) is 0 Å². The summed E-state index contributed by atoms with van der Waals surface area (Å²) < 4.78 is 2.70. The number of aromatic nitrogens is 2. The molecule has 2 heterocycles. The number of hydrogen-bond acceptors (Lipinski definition) is 2. The minimum Gasteiger partial charge on any atom is -0.326 e. The minimum atomic E-state index is 0.385. The number of nitrogens with one attached hydrogen (secondary N) is 1. The average molecular weight is 259 g/mol. The third-order valence-electron chi connectivity index (χ3n) is 5.60. The zero-order chi connectivity index (χ0) is 12.9. The van der Waals surface area contributed by atoms with Gasteiger partial charge in [0.1, 0.15) is 5.82 Å². The fraction of sp³-hybridized carbons (Fsp3) is 0.812. The summed E-state index contributed by atoms with van der Waals surface area (Å²) in [5, 5.41) is 3.48. The van der Waals surface area contributed by atoms with Crippen molar-refractivity contribution in [3.8, 4) is 0 Å². The monoisotopic (exact) mass is 259 g/mol. The lowest BCUT2D eigenvalue weighted by atomic mass is 9.77. The molecule has 0 atom stereocenters. The van der Waals surface area contributed by atoms with Gasteiger partial charge in [0.2, 0.25) is 0 Å². The van der Waals surface area contributed by atoms with E-state index in [2.05, 4.69) is 16.8 Å². The number of imidazole rings is 1. The van der Waals surface area contributed by atoms with Crippen molar-refractivity contribution in [3.63, 3.8) is 0 Å². The van der Waals surface area contributed by atoms with Crippen molar-refractivity contribution < 1.29 is 0 Å². The van der Waals surface area contributed by atoms with Gasteiger partial charge in [-0.1, -0.05) is 12.8 Å². The highest BCUT2D eigenvalue weighted by atomic mass is 15.2. The standard InChI is InChI=1S/C16H25N3/c1-16(8-4-9-16)19-14-7-10-17-11-13(14)18-15(19)12-5-2-3-6-12/h12,17H,2-11H2,1H3. The summed E-state index contributed by atoms with van der Waals surface area (Å²) in [4.78, 5) is 5.08. The van der Waals surface area contributed by atoms with Crippen LogP contribution in [0.5, 0.6) is 0 Å². The summed E-state index contributed by atoms with van der Waals surface area (Å²) >= 11 is 0. The first-order chi connectivity index (χ1) is 9.28. The van der Waals surface area contributed by atoms with Crippen molar-refractivity contribution in [2.45, 2.75) is 76.3 Å². The van der Waals surface area contributed by atoms with Crippen LogP contribution < -0.4 is 5.32 Å². The zero-order valence-electron chi connectivity index (χ0n) is 12.0. The topological polar surface area (TPSA) is 29.9 Å². The second-order valence-corrected chi connectivity index (χ2v) is 6.96. The Morgan fingerprint density at radius 2 is 2.00 bits per heavy atom. The van der Waals surface area contributed by atoms with Crippen LogP contribution in [0, 0.1) is 0 Å². The second kappa shape index (κ2) is 4.34. The van der Waals surface area contributed by atoms with Gasteiger partial charge >= 0.3 is 0 Å². The highest BCUT2D eigenvalue weighted by molar-refractivity contribution is 5.25. The maximum Gasteiger partial charge on any atom is 0.112 e. The van der Waals surface area contributed by atoms with Gasteiger partial charge in [0.25, 0.3) is 0 Å². The van der Waals surface area contributed by atoms with Crippen molar-refractivity contribution in [3.05, 3.63) is 17.2 Å². The number of nitrogens with zero attached hydrogens (tertiary/aromatic N) is 2. The van der Waals surface area contributed by atoms with Gasteiger partial charge in [-0.3, -0.25) is 0 Å². The van der Waals surface area contributed by atoms with E-state index >= 15 is 0 Å². The Hall–Kier alpha value is -0.830. The molecule has 3 nitrogen and oxygen atoms in total. The highest BCUT2D eigenvalue weighted by Gasteiger charge is 2.40. The van der Waals surface area contributed by atoms with Gasteiger partial charge in [0.05, 0.1) is 5.69 Å². The van der Waals surface area contributed by atoms with Gasteiger partial charge in [0.15, 0.2) is 0 Å². The van der Waals surface area contributed by atoms with Crippen LogP contribution in [0.2, 0.25) is 0 Å². The lowest BCUT2D eigenvalue weighted by Crippen LogP contribution is -2.41. The van der Waals surface area contributed by atoms with Crippen LogP contribution in [0.4, 0.5) is 0 Å². The Morgan fingerprint density at radius 1 is 1.21 bits per heavy atom. The molecule has 1 N–H and O–H groups in total. The molecule has 0 spiro atoms. The van der Waals surface area contributed by atoms with Crippen LogP contribution in [-0.4, -0.2) is 16.1 Å². The summed E-state index contributed by atoms with van der Waals surface area (Å²) in [7, 11) is 0. The van der Waals surface area contributed by atoms with E-state index in [1.54, 1.807) is 5.69 Å². The third-order valence-corrected chi connectivity index (χ3v) is 5.60. The van der Waals surface area contributed by atoms with E-state index in [0.29, 0.717) is 5.54 Å². The molecule has 0 bridgehead atoms. The maximum absolute atomic E-state index is 5.08. The Labute approximate surface area is 115 Å². The van der Waals surface area contributed by atoms with Gasteiger partial charge in [-0.05, 0) is 39.0 Å². The van der Waals surface area contributed by atoms with Crippen LogP contribution in [0.25, 0.3) is 0 Å². The third kappa shape index (κ3) is 1.78. The largest absolute Gasteiger partial charge is 0.326 e. The van der Waals surface area contributed by atoms with Crippen molar-refractivity contribution in [2.24, 2.45) is 0 Å². The van der Waals surface area contributed by atoms with Crippen molar-refractivity contribution in [1.82, 2.24) is 14.9 Å². The number of rotatable bonds is 2. The zero-order valence-corrected chi connectivity index (χ0v) is 12.0. The molecule has 1 aromatic heterocycles. The van der Waals surface area contributed by atoms with Gasteiger partial charge < -0.3 is 9.88 Å². The summed E-state index contributed by atoms with van der Waals surface area (Å²) in [5.74, 6) is 2.18. The normalized spacial score (nSPS) is 26.2. The minimum absolute atomic E-state index is 0.385. The molecule has 0 unspecified atom stereocenters. The molecule has 0 radical (unpaired) electrons. The summed E-state index contributed by atoms with van der Waals surface area (Å²) in [6.07, 6.45) is 10.8. The fourth-order valence-corrected chi connectivity index (χ4v) is 4.30. The van der Waals surface area contributed by atoms with Gasteiger partial charge in [-0.15, -0.1) is 0 Å². The first-order valence-corrected chi connectivity index (χ1v) is 8.09. The lowest BCUT2D eigenvalue weighted by molar-refractivity contribution is 0.156. The molecule has 0 saturated heterocycles. The molecule has 3 aliphatic rings. The quantitative estimate of drug-likeness (QED) is 0.884. The first kappa shape index (κ1) is 12.0. The van der Waals surface area contributed by atoms with Gasteiger partial charge in [0, 0.05) is 36.7 Å². The molecule has 19 heavy (non-hydrogen) atoms. The smallest absolute Gasteiger partial charge is 0.112 e. The van der Waals surface area contributed by atoms with Crippen LogP contribution in [-0.2, 0) is 18.5 Å². The molecule has 4 rings (SSSR count). The van der Waals surface area contributed by atoms with Crippen LogP contribution in [0.1, 0.15) is 75.0 Å². The molecule has 1 aliphatic heterocycles. The molecule has 0 amide bonds. The molecule has 2 aliphatic carbocycles. The van der Waals surface area contributed by atoms with E-state index < -0.39 is 0 Å². The predicted molar refractivity (Wildman–Crippen MR) is 76.3 cm³/mol.